The largest absolute Gasteiger partial charge is 0.480 e. The maximum absolute atomic E-state index is 13.7. The van der Waals surface area contributed by atoms with E-state index in [4.69, 9.17) is 16.9 Å². The van der Waals surface area contributed by atoms with Crippen molar-refractivity contribution in [2.45, 2.75) is 108 Å². The molecule has 1 saturated heterocycles. The number of hydrogen-bond acceptors (Lipinski definition) is 12. The topological polar surface area (TPSA) is 385 Å². The highest BCUT2D eigenvalue weighted by atomic mass is 16.4. The number of hydrogen-bond donors (Lipinski definition) is 14. The molecule has 2 aromatic carbocycles. The normalized spacial score (nSPS) is 16.1. The lowest BCUT2D eigenvalue weighted by Gasteiger charge is -2.29. The van der Waals surface area contributed by atoms with Gasteiger partial charge in [0, 0.05) is 43.0 Å². The van der Waals surface area contributed by atoms with Gasteiger partial charge in [-0.05, 0) is 55.7 Å². The number of carboxylic acid groups (broad SMARTS) is 1. The molecule has 3 aromatic rings. The van der Waals surface area contributed by atoms with Gasteiger partial charge < -0.3 is 74.1 Å². The Hall–Kier alpha value is -7.60. The molecule has 0 bridgehead atoms. The number of benzene rings is 2. The standard InChI is InChI=1S/C47H67N13O11/c1-4-26(2)39(48)45(69)60-19-11-17-36(60)44(68)55-27(3)40(64)58-33(20-28-12-6-5-7-13-28)43(67)59-35(25-61)42(66)54-23-37(62)56-32(16-10-18-51-47(49)50)41(65)53-24-38(63)57-34(46(70)71)21-29-22-52-31-15-9-8-14-30(29)31/h5-9,12-15,22,26-27,32-36,39,52,61H,4,10-11,16-21,23-25,48H2,1-3H3,(H,53,65)(H,54,66)(H,55,68)(H,56,62)(H,57,63)(H,58,64)(H,59,67)(H,70,71)(H4,49,50,51)/t26-,27-,32-,33-,34-,35-,36-,39-/m0/s1. The molecule has 8 amide bonds. The molecular weight excluding hydrogens is 923 g/mol. The number of guanidine groups is 1. The Morgan fingerprint density at radius 3 is 2.03 bits per heavy atom. The van der Waals surface area contributed by atoms with Crippen molar-refractivity contribution in [3.63, 3.8) is 0 Å². The lowest BCUT2D eigenvalue weighted by atomic mass is 9.98. The van der Waals surface area contributed by atoms with Gasteiger partial charge in [-0.2, -0.15) is 0 Å². The van der Waals surface area contributed by atoms with E-state index in [2.05, 4.69) is 47.5 Å². The molecule has 1 aliphatic heterocycles. The van der Waals surface area contributed by atoms with Crippen molar-refractivity contribution in [1.82, 2.24) is 52.4 Å². The second-order valence-corrected chi connectivity index (χ2v) is 17.4. The first-order valence-electron chi connectivity index (χ1n) is 23.4. The molecule has 16 N–H and O–H groups in total. The summed E-state index contributed by atoms with van der Waals surface area (Å²) < 4.78 is 0. The van der Waals surface area contributed by atoms with Crippen LogP contribution in [0.5, 0.6) is 0 Å². The molecule has 0 unspecified atom stereocenters. The lowest BCUT2D eigenvalue weighted by molar-refractivity contribution is -0.141. The monoisotopic (exact) mass is 990 g/mol. The fourth-order valence-electron chi connectivity index (χ4n) is 7.78. The number of H-pyrrole nitrogens is 1. The summed E-state index contributed by atoms with van der Waals surface area (Å²) in [6.07, 6.45) is 3.27. The van der Waals surface area contributed by atoms with E-state index in [-0.39, 0.29) is 50.0 Å². The molecular formula is C47H67N13O11. The van der Waals surface area contributed by atoms with Crippen molar-refractivity contribution in [3.8, 4) is 0 Å². The van der Waals surface area contributed by atoms with Crippen molar-refractivity contribution in [3.05, 3.63) is 71.9 Å². The molecule has 71 heavy (non-hydrogen) atoms. The Labute approximate surface area is 410 Å². The lowest BCUT2D eigenvalue weighted by Crippen LogP contribution is -2.59. The number of para-hydroxylation sites is 1. The number of nitrogens with one attached hydrogen (secondary N) is 10. The van der Waals surface area contributed by atoms with Gasteiger partial charge in [-0.15, -0.1) is 0 Å². The minimum atomic E-state index is -1.63. The van der Waals surface area contributed by atoms with Crippen LogP contribution in [0.3, 0.4) is 0 Å². The van der Waals surface area contributed by atoms with Gasteiger partial charge in [0.25, 0.3) is 0 Å². The van der Waals surface area contributed by atoms with Crippen molar-refractivity contribution >= 4 is 70.1 Å². The first-order valence-corrected chi connectivity index (χ1v) is 23.4. The highest BCUT2D eigenvalue weighted by Gasteiger charge is 2.38. The van der Waals surface area contributed by atoms with Gasteiger partial charge in [-0.25, -0.2) is 4.79 Å². The molecule has 1 fully saturated rings. The van der Waals surface area contributed by atoms with Crippen LogP contribution in [-0.4, -0.2) is 154 Å². The van der Waals surface area contributed by atoms with Gasteiger partial charge in [0.1, 0.15) is 36.3 Å². The van der Waals surface area contributed by atoms with Crippen molar-refractivity contribution in [2.75, 3.05) is 32.8 Å². The van der Waals surface area contributed by atoms with Crippen LogP contribution in [0, 0.1) is 11.3 Å². The summed E-state index contributed by atoms with van der Waals surface area (Å²) in [4.78, 5) is 123. The Bertz CT molecular complexity index is 2360. The van der Waals surface area contributed by atoms with Crippen LogP contribution in [0.15, 0.2) is 60.8 Å². The third-order valence-corrected chi connectivity index (χ3v) is 12.1. The molecule has 1 aromatic heterocycles. The SMILES string of the molecule is CC[C@H](C)[C@H](N)C(=O)N1CCC[C@H]1C(=O)N[C@@H](C)C(=O)N[C@@H](Cc1ccccc1)C(=O)N[C@@H](CO)C(=O)NCC(=O)N[C@@H](CCCNC(=N)N)C(=O)NCC(=O)N[C@@H](Cc1c[nH]c2ccccc12)C(=O)O. The van der Waals surface area contributed by atoms with Crippen LogP contribution in [-0.2, 0) is 56.0 Å². The van der Waals surface area contributed by atoms with E-state index in [9.17, 15) is 53.4 Å². The first-order chi connectivity index (χ1) is 33.8. The summed E-state index contributed by atoms with van der Waals surface area (Å²) in [5.74, 6) is -7.87. The summed E-state index contributed by atoms with van der Waals surface area (Å²) >= 11 is 0. The summed E-state index contributed by atoms with van der Waals surface area (Å²) in [7, 11) is 0. The average Bonchev–Trinajstić information content (AvgIpc) is 4.02. The van der Waals surface area contributed by atoms with Crippen molar-refractivity contribution in [2.24, 2.45) is 17.4 Å². The molecule has 24 heteroatoms. The highest BCUT2D eigenvalue weighted by Crippen LogP contribution is 2.21. The zero-order valence-electron chi connectivity index (χ0n) is 40.0. The molecule has 2 heterocycles. The number of aliphatic carboxylic acids is 1. The van der Waals surface area contributed by atoms with E-state index in [0.29, 0.717) is 36.9 Å². The quantitative estimate of drug-likeness (QED) is 0.0211. The van der Waals surface area contributed by atoms with Gasteiger partial charge in [-0.3, -0.25) is 43.8 Å². The van der Waals surface area contributed by atoms with Crippen molar-refractivity contribution < 1.29 is 53.4 Å². The number of nitrogens with two attached hydrogens (primary N) is 2. The smallest absolute Gasteiger partial charge is 0.326 e. The minimum absolute atomic E-state index is 0.0380. The number of likely N-dealkylation sites (tertiary alicyclic amines) is 1. The van der Waals surface area contributed by atoms with Crippen LogP contribution in [0.4, 0.5) is 0 Å². The number of aromatic nitrogens is 1. The maximum atomic E-state index is 13.7. The van der Waals surface area contributed by atoms with E-state index < -0.39 is 109 Å². The van der Waals surface area contributed by atoms with Crippen LogP contribution in [0.25, 0.3) is 10.9 Å². The molecule has 0 saturated carbocycles. The second-order valence-electron chi connectivity index (χ2n) is 17.4. The Balaban J connectivity index is 1.34. The van der Waals surface area contributed by atoms with Gasteiger partial charge >= 0.3 is 5.97 Å². The van der Waals surface area contributed by atoms with Gasteiger partial charge in [0.2, 0.25) is 47.3 Å². The maximum Gasteiger partial charge on any atom is 0.326 e. The number of fused-ring (bicyclic) bond motifs is 1. The van der Waals surface area contributed by atoms with Gasteiger partial charge in [0.05, 0.1) is 25.7 Å². The third kappa shape index (κ3) is 17.1. The van der Waals surface area contributed by atoms with Crippen LogP contribution in [0.2, 0.25) is 0 Å². The molecule has 8 atom stereocenters. The van der Waals surface area contributed by atoms with Gasteiger partial charge in [0.15, 0.2) is 5.96 Å². The fourth-order valence-corrected chi connectivity index (χ4v) is 7.78. The summed E-state index contributed by atoms with van der Waals surface area (Å²) in [6.45, 7) is 3.30. The predicted octanol–water partition coefficient (Wildman–Crippen LogP) is -2.67. The van der Waals surface area contributed by atoms with E-state index >= 15 is 0 Å². The minimum Gasteiger partial charge on any atom is -0.480 e. The molecule has 0 aliphatic carbocycles. The molecule has 386 valence electrons. The number of carboxylic acids is 1. The molecule has 0 radical (unpaired) electrons. The van der Waals surface area contributed by atoms with E-state index in [0.717, 1.165) is 10.9 Å². The predicted molar refractivity (Wildman–Crippen MR) is 260 cm³/mol. The summed E-state index contributed by atoms with van der Waals surface area (Å²) in [6, 6.07) is 7.39. The highest BCUT2D eigenvalue weighted by molar-refractivity contribution is 5.97. The van der Waals surface area contributed by atoms with E-state index in [1.165, 1.54) is 11.8 Å². The third-order valence-electron chi connectivity index (χ3n) is 12.1. The van der Waals surface area contributed by atoms with Gasteiger partial charge in [-0.1, -0.05) is 68.8 Å². The number of amides is 8. The number of aliphatic hydroxyl groups excluding tert-OH is 1. The Kier molecular flexibility index (Phi) is 21.7. The Morgan fingerprint density at radius 2 is 1.39 bits per heavy atom. The number of carbonyl (C=O) groups is 9. The van der Waals surface area contributed by atoms with Crippen LogP contribution < -0.4 is 54.0 Å². The summed E-state index contributed by atoms with van der Waals surface area (Å²) in [5.41, 5.74) is 13.6. The number of rotatable bonds is 27. The van der Waals surface area contributed by atoms with E-state index in [1.807, 2.05) is 26.0 Å². The Morgan fingerprint density at radius 1 is 0.775 bits per heavy atom. The van der Waals surface area contributed by atoms with Crippen molar-refractivity contribution in [1.29, 1.82) is 5.41 Å². The molecule has 24 nitrogen and oxygen atoms in total. The first kappa shape index (κ1) is 56.0. The molecule has 0 spiro atoms. The summed E-state index contributed by atoms with van der Waals surface area (Å²) in [5, 5.41) is 47.9. The van der Waals surface area contributed by atoms with Crippen LogP contribution >= 0.6 is 0 Å². The number of nitrogens with zero attached hydrogens (tertiary/aromatic N) is 1. The second kappa shape index (κ2) is 27.6. The fraction of sp³-hybridized carbons (Fsp3) is 0.489. The zero-order valence-corrected chi connectivity index (χ0v) is 40.0. The van der Waals surface area contributed by atoms with E-state index in [1.54, 1.807) is 48.7 Å². The van der Waals surface area contributed by atoms with Crippen LogP contribution in [0.1, 0.15) is 64.0 Å². The zero-order chi connectivity index (χ0) is 52.2. The molecule has 1 aliphatic rings. The number of aromatic amines is 1. The average molecular weight is 990 g/mol. The number of aliphatic hydroxyl groups is 1. The molecule has 4 rings (SSSR count). The number of carbonyl (C=O) groups excluding carboxylic acids is 8.